The maximum Gasteiger partial charge on any atom is 0.397 e. The third kappa shape index (κ3) is 5.89. The lowest BCUT2D eigenvalue weighted by Crippen LogP contribution is -2.11. The average molecular weight is 280 g/mol. The van der Waals surface area contributed by atoms with Crippen molar-refractivity contribution >= 4 is 21.5 Å². The van der Waals surface area contributed by atoms with Crippen molar-refractivity contribution < 1.29 is 25.5 Å². The van der Waals surface area contributed by atoms with Gasteiger partial charge in [-0.3, -0.25) is 8.74 Å². The summed E-state index contributed by atoms with van der Waals surface area (Å²) in [4.78, 5) is 0.474. The van der Waals surface area contributed by atoms with Gasteiger partial charge in [-0.05, 0) is 19.1 Å². The molecule has 0 aliphatic heterocycles. The van der Waals surface area contributed by atoms with Gasteiger partial charge in [0.2, 0.25) is 0 Å². The summed E-state index contributed by atoms with van der Waals surface area (Å²) in [7, 11) is -4.47. The van der Waals surface area contributed by atoms with Gasteiger partial charge in [0.05, 0.1) is 18.1 Å². The molecule has 0 amide bonds. The van der Waals surface area contributed by atoms with E-state index in [9.17, 15) is 12.6 Å². The van der Waals surface area contributed by atoms with E-state index in [0.29, 0.717) is 4.90 Å². The van der Waals surface area contributed by atoms with E-state index in [-0.39, 0.29) is 6.61 Å². The van der Waals surface area contributed by atoms with E-state index < -0.39 is 28.1 Å². The number of benzene rings is 1. The molecule has 17 heavy (non-hydrogen) atoms. The lowest BCUT2D eigenvalue weighted by molar-refractivity contribution is 0.212. The molecule has 0 aromatic heterocycles. The van der Waals surface area contributed by atoms with Crippen molar-refractivity contribution in [3.05, 3.63) is 29.8 Å². The highest BCUT2D eigenvalue weighted by molar-refractivity contribution is 7.81. The molecule has 0 heterocycles. The van der Waals surface area contributed by atoms with Gasteiger partial charge in [0, 0.05) is 0 Å². The third-order valence-corrected chi connectivity index (χ3v) is 3.22. The highest BCUT2D eigenvalue weighted by Gasteiger charge is 2.07. The molecule has 0 saturated carbocycles. The van der Waals surface area contributed by atoms with Gasteiger partial charge in [-0.25, -0.2) is 8.39 Å². The molecule has 1 atom stereocenters. The van der Waals surface area contributed by atoms with E-state index >= 15 is 0 Å². The van der Waals surface area contributed by atoms with Gasteiger partial charge in [0.15, 0.2) is 11.1 Å². The van der Waals surface area contributed by atoms with Crippen LogP contribution in [0.1, 0.15) is 5.56 Å². The molecule has 0 radical (unpaired) electrons. The molecule has 1 unspecified atom stereocenters. The summed E-state index contributed by atoms with van der Waals surface area (Å²) in [5.74, 6) is 0. The van der Waals surface area contributed by atoms with Crippen molar-refractivity contribution in [2.45, 2.75) is 11.8 Å². The minimum absolute atomic E-state index is 0.208. The van der Waals surface area contributed by atoms with E-state index in [1.54, 1.807) is 24.3 Å². The highest BCUT2D eigenvalue weighted by Crippen LogP contribution is 2.09. The second-order valence-electron chi connectivity index (χ2n) is 3.12. The Morgan fingerprint density at radius 2 is 1.82 bits per heavy atom. The van der Waals surface area contributed by atoms with E-state index in [1.807, 2.05) is 6.92 Å². The molecule has 96 valence electrons. The van der Waals surface area contributed by atoms with Gasteiger partial charge >= 0.3 is 10.4 Å². The molecule has 1 rings (SSSR count). The van der Waals surface area contributed by atoms with Gasteiger partial charge in [0.1, 0.15) is 0 Å². The normalized spacial score (nSPS) is 13.5. The van der Waals surface area contributed by atoms with Gasteiger partial charge in [0.25, 0.3) is 0 Å². The van der Waals surface area contributed by atoms with Crippen LogP contribution in [-0.2, 0) is 29.8 Å². The van der Waals surface area contributed by atoms with Crippen molar-refractivity contribution in [2.75, 3.05) is 13.2 Å². The Morgan fingerprint density at radius 1 is 1.24 bits per heavy atom. The molecule has 0 saturated heterocycles. The fraction of sp³-hybridized carbons (Fsp3) is 0.333. The first-order chi connectivity index (χ1) is 7.88. The van der Waals surface area contributed by atoms with Crippen LogP contribution in [0, 0.1) is 6.92 Å². The molecule has 0 aliphatic rings. The van der Waals surface area contributed by atoms with Crippen molar-refractivity contribution in [1.82, 2.24) is 0 Å². The Bertz CT molecular complexity index is 479. The molecular weight excluding hydrogens is 268 g/mol. The predicted molar refractivity (Wildman–Crippen MR) is 61.0 cm³/mol. The quantitative estimate of drug-likeness (QED) is 0.614. The van der Waals surface area contributed by atoms with Crippen LogP contribution in [-0.4, -0.2) is 30.4 Å². The Kier molecular flexibility index (Phi) is 5.22. The van der Waals surface area contributed by atoms with E-state index in [4.69, 9.17) is 8.74 Å². The van der Waals surface area contributed by atoms with Crippen LogP contribution in [0.15, 0.2) is 29.2 Å². The standard InChI is InChI=1S/C9H12O6S2/c1-8-2-4-9(5-3-8)16(10)14-6-7-15-17(11,12)13/h2-5H,6-7H2,1H3,(H,11,12,13). The smallest absolute Gasteiger partial charge is 0.284 e. The molecule has 1 N–H and O–H groups in total. The minimum Gasteiger partial charge on any atom is -0.284 e. The number of hydrogen-bond acceptors (Lipinski definition) is 5. The first-order valence-electron chi connectivity index (χ1n) is 4.62. The summed E-state index contributed by atoms with van der Waals surface area (Å²) in [5.41, 5.74) is 1.03. The van der Waals surface area contributed by atoms with Gasteiger partial charge in [-0.2, -0.15) is 8.42 Å². The van der Waals surface area contributed by atoms with Crippen molar-refractivity contribution in [3.8, 4) is 0 Å². The van der Waals surface area contributed by atoms with Crippen LogP contribution in [0.2, 0.25) is 0 Å². The number of rotatable bonds is 6. The zero-order valence-electron chi connectivity index (χ0n) is 9.03. The first-order valence-corrected chi connectivity index (χ1v) is 7.06. The molecule has 0 fully saturated rings. The summed E-state index contributed by atoms with van der Waals surface area (Å²) in [5, 5.41) is 0. The van der Waals surface area contributed by atoms with Gasteiger partial charge in [-0.1, -0.05) is 17.7 Å². The molecule has 0 bridgehead atoms. The average Bonchev–Trinajstić information content (AvgIpc) is 2.24. The number of hydrogen-bond donors (Lipinski definition) is 1. The molecule has 0 spiro atoms. The summed E-state index contributed by atoms with van der Waals surface area (Å²) < 4.78 is 49.0. The third-order valence-electron chi connectivity index (χ3n) is 1.72. The molecule has 8 heteroatoms. The Balaban J connectivity index is 2.38. The number of aryl methyl sites for hydroxylation is 1. The van der Waals surface area contributed by atoms with Crippen molar-refractivity contribution in [3.63, 3.8) is 0 Å². The SMILES string of the molecule is Cc1ccc(S(=O)OCCOS(=O)(=O)O)cc1. The van der Waals surface area contributed by atoms with E-state index in [2.05, 4.69) is 4.18 Å². The second-order valence-corrected chi connectivity index (χ2v) is 5.39. The van der Waals surface area contributed by atoms with Gasteiger partial charge in [-0.15, -0.1) is 0 Å². The molecule has 1 aromatic rings. The van der Waals surface area contributed by atoms with Crippen LogP contribution >= 0.6 is 0 Å². The summed E-state index contributed by atoms with van der Waals surface area (Å²) in [6, 6.07) is 6.86. The Labute approximate surface area is 102 Å². The van der Waals surface area contributed by atoms with E-state index in [0.717, 1.165) is 5.56 Å². The Hall–Kier alpha value is -0.800. The van der Waals surface area contributed by atoms with Crippen molar-refractivity contribution in [1.29, 1.82) is 0 Å². The van der Waals surface area contributed by atoms with Crippen LogP contribution in [0.5, 0.6) is 0 Å². The van der Waals surface area contributed by atoms with Crippen molar-refractivity contribution in [2.24, 2.45) is 0 Å². The zero-order chi connectivity index (χ0) is 12.9. The first kappa shape index (κ1) is 14.3. The summed E-state index contributed by atoms with van der Waals surface area (Å²) in [6.07, 6.45) is 0. The fourth-order valence-corrected chi connectivity index (χ4v) is 1.96. The van der Waals surface area contributed by atoms with Crippen LogP contribution in [0.3, 0.4) is 0 Å². The summed E-state index contributed by atoms with van der Waals surface area (Å²) in [6.45, 7) is 1.30. The second kappa shape index (κ2) is 6.22. The van der Waals surface area contributed by atoms with Gasteiger partial charge < -0.3 is 0 Å². The van der Waals surface area contributed by atoms with Crippen LogP contribution in [0.25, 0.3) is 0 Å². The predicted octanol–water partition coefficient (Wildman–Crippen LogP) is 0.854. The highest BCUT2D eigenvalue weighted by atomic mass is 32.3. The molecular formula is C9H12O6S2. The molecule has 1 aromatic carbocycles. The maximum atomic E-state index is 11.5. The maximum absolute atomic E-state index is 11.5. The lowest BCUT2D eigenvalue weighted by atomic mass is 10.2. The lowest BCUT2D eigenvalue weighted by Gasteiger charge is -2.03. The fourth-order valence-electron chi connectivity index (χ4n) is 0.966. The largest absolute Gasteiger partial charge is 0.397 e. The monoisotopic (exact) mass is 280 g/mol. The topological polar surface area (TPSA) is 89.9 Å². The summed E-state index contributed by atoms with van der Waals surface area (Å²) >= 11 is -1.68. The van der Waals surface area contributed by atoms with E-state index in [1.165, 1.54) is 0 Å². The Morgan fingerprint density at radius 3 is 2.35 bits per heavy atom. The molecule has 0 aliphatic carbocycles. The molecule has 6 nitrogen and oxygen atoms in total. The van der Waals surface area contributed by atoms with Crippen LogP contribution in [0.4, 0.5) is 0 Å². The van der Waals surface area contributed by atoms with Crippen LogP contribution < -0.4 is 0 Å². The zero-order valence-corrected chi connectivity index (χ0v) is 10.7. The minimum atomic E-state index is -4.47.